The van der Waals surface area contributed by atoms with Gasteiger partial charge in [-0.2, -0.15) is 4.37 Å². The van der Waals surface area contributed by atoms with Crippen LogP contribution in [0, 0.1) is 0 Å². The number of aryl methyl sites for hydroxylation is 1. The van der Waals surface area contributed by atoms with Gasteiger partial charge in [0.2, 0.25) is 5.13 Å². The van der Waals surface area contributed by atoms with Crippen LogP contribution in [0.3, 0.4) is 0 Å². The standard InChI is InChI=1S/C12H15N3OS/c1-2-5-11-14-12(17-15-11)13-8-9-6-3-4-7-10(9)16/h3-4,6-7,16H,2,5,8H2,1H3,(H,13,14,15). The largest absolute Gasteiger partial charge is 0.508 e. The SMILES string of the molecule is CCCc1nsc(NCc2ccccc2O)n1. The topological polar surface area (TPSA) is 58.0 Å². The Kier molecular flexibility index (Phi) is 3.93. The third kappa shape index (κ3) is 3.17. The minimum Gasteiger partial charge on any atom is -0.508 e. The van der Waals surface area contributed by atoms with Crippen molar-refractivity contribution in [1.82, 2.24) is 9.36 Å². The van der Waals surface area contributed by atoms with E-state index < -0.39 is 0 Å². The highest BCUT2D eigenvalue weighted by Crippen LogP contribution is 2.18. The fraction of sp³-hybridized carbons (Fsp3) is 0.333. The number of phenols is 1. The fourth-order valence-electron chi connectivity index (χ4n) is 1.48. The third-order valence-corrected chi connectivity index (χ3v) is 3.07. The van der Waals surface area contributed by atoms with Gasteiger partial charge in [0.05, 0.1) is 0 Å². The first-order chi connectivity index (χ1) is 8.29. The van der Waals surface area contributed by atoms with Crippen LogP contribution in [-0.4, -0.2) is 14.5 Å². The van der Waals surface area contributed by atoms with Gasteiger partial charge in [-0.1, -0.05) is 25.1 Å². The maximum absolute atomic E-state index is 9.61. The lowest BCUT2D eigenvalue weighted by Gasteiger charge is -2.04. The van der Waals surface area contributed by atoms with Crippen LogP contribution >= 0.6 is 11.5 Å². The number of aromatic nitrogens is 2. The monoisotopic (exact) mass is 249 g/mol. The smallest absolute Gasteiger partial charge is 0.202 e. The molecule has 1 heterocycles. The van der Waals surface area contributed by atoms with E-state index in [1.807, 2.05) is 18.2 Å². The quantitative estimate of drug-likeness (QED) is 0.855. The zero-order valence-electron chi connectivity index (χ0n) is 9.68. The highest BCUT2D eigenvalue weighted by molar-refractivity contribution is 7.09. The Morgan fingerprint density at radius 3 is 2.94 bits per heavy atom. The van der Waals surface area contributed by atoms with Crippen LogP contribution in [0.2, 0.25) is 0 Å². The van der Waals surface area contributed by atoms with Gasteiger partial charge in [-0.25, -0.2) is 4.98 Å². The minimum atomic E-state index is 0.304. The molecule has 0 aliphatic heterocycles. The summed E-state index contributed by atoms with van der Waals surface area (Å²) < 4.78 is 4.25. The van der Waals surface area contributed by atoms with Crippen molar-refractivity contribution < 1.29 is 5.11 Å². The predicted molar refractivity (Wildman–Crippen MR) is 69.3 cm³/mol. The lowest BCUT2D eigenvalue weighted by Crippen LogP contribution is -1.99. The number of benzene rings is 1. The maximum atomic E-state index is 9.61. The molecule has 2 aromatic rings. The highest BCUT2D eigenvalue weighted by Gasteiger charge is 2.04. The Hall–Kier alpha value is -1.62. The normalized spacial score (nSPS) is 10.4. The molecule has 0 unspecified atom stereocenters. The van der Waals surface area contributed by atoms with Crippen LogP contribution in [0.25, 0.3) is 0 Å². The molecule has 1 aromatic carbocycles. The van der Waals surface area contributed by atoms with Crippen LogP contribution in [-0.2, 0) is 13.0 Å². The minimum absolute atomic E-state index is 0.304. The molecular weight excluding hydrogens is 234 g/mol. The molecule has 0 saturated carbocycles. The van der Waals surface area contributed by atoms with Crippen LogP contribution < -0.4 is 5.32 Å². The third-order valence-electron chi connectivity index (χ3n) is 2.36. The fourth-order valence-corrected chi connectivity index (χ4v) is 2.09. The summed E-state index contributed by atoms with van der Waals surface area (Å²) in [5.74, 6) is 1.19. The van der Waals surface area contributed by atoms with E-state index in [0.717, 1.165) is 29.4 Å². The molecule has 2 N–H and O–H groups in total. The van der Waals surface area contributed by atoms with Crippen LogP contribution in [0.1, 0.15) is 24.7 Å². The van der Waals surface area contributed by atoms with E-state index in [-0.39, 0.29) is 0 Å². The Morgan fingerprint density at radius 1 is 1.35 bits per heavy atom. The molecule has 0 saturated heterocycles. The van der Waals surface area contributed by atoms with Gasteiger partial charge in [0.1, 0.15) is 11.6 Å². The molecule has 0 aliphatic carbocycles. The Bertz CT molecular complexity index is 484. The molecule has 0 bridgehead atoms. The maximum Gasteiger partial charge on any atom is 0.202 e. The summed E-state index contributed by atoms with van der Waals surface area (Å²) in [6.07, 6.45) is 1.96. The van der Waals surface area contributed by atoms with Crippen molar-refractivity contribution in [2.45, 2.75) is 26.3 Å². The number of para-hydroxylation sites is 1. The lowest BCUT2D eigenvalue weighted by molar-refractivity contribution is 0.469. The lowest BCUT2D eigenvalue weighted by atomic mass is 10.2. The zero-order chi connectivity index (χ0) is 12.1. The number of hydrogen-bond donors (Lipinski definition) is 2. The first kappa shape index (κ1) is 11.9. The van der Waals surface area contributed by atoms with Gasteiger partial charge in [0, 0.05) is 30.1 Å². The van der Waals surface area contributed by atoms with Gasteiger partial charge in [-0.3, -0.25) is 0 Å². The number of nitrogens with zero attached hydrogens (tertiary/aromatic N) is 2. The Balaban J connectivity index is 1.95. The number of phenolic OH excluding ortho intramolecular Hbond substituents is 1. The van der Waals surface area contributed by atoms with Crippen molar-refractivity contribution in [3.8, 4) is 5.75 Å². The van der Waals surface area contributed by atoms with Gasteiger partial charge < -0.3 is 10.4 Å². The van der Waals surface area contributed by atoms with E-state index in [4.69, 9.17) is 0 Å². The summed E-state index contributed by atoms with van der Waals surface area (Å²) in [4.78, 5) is 4.36. The van der Waals surface area contributed by atoms with E-state index in [2.05, 4.69) is 21.6 Å². The molecule has 2 rings (SSSR count). The molecule has 0 aliphatic rings. The Labute approximate surface area is 105 Å². The molecule has 0 atom stereocenters. The number of aromatic hydroxyl groups is 1. The predicted octanol–water partition coefficient (Wildman–Crippen LogP) is 2.81. The molecule has 5 heteroatoms. The van der Waals surface area contributed by atoms with Gasteiger partial charge >= 0.3 is 0 Å². The first-order valence-corrected chi connectivity index (χ1v) is 6.40. The summed E-state index contributed by atoms with van der Waals surface area (Å²) in [5, 5.41) is 13.6. The molecule has 0 radical (unpaired) electrons. The average Bonchev–Trinajstić information content (AvgIpc) is 2.76. The number of anilines is 1. The molecule has 4 nitrogen and oxygen atoms in total. The van der Waals surface area contributed by atoms with Gasteiger partial charge in [0.15, 0.2) is 0 Å². The van der Waals surface area contributed by atoms with E-state index in [1.165, 1.54) is 11.5 Å². The van der Waals surface area contributed by atoms with Gasteiger partial charge in [-0.15, -0.1) is 0 Å². The van der Waals surface area contributed by atoms with E-state index in [1.54, 1.807) is 6.07 Å². The van der Waals surface area contributed by atoms with Gasteiger partial charge in [-0.05, 0) is 12.5 Å². The summed E-state index contributed by atoms with van der Waals surface area (Å²) in [6, 6.07) is 7.28. The summed E-state index contributed by atoms with van der Waals surface area (Å²) in [6.45, 7) is 2.67. The molecule has 17 heavy (non-hydrogen) atoms. The summed E-state index contributed by atoms with van der Waals surface area (Å²) >= 11 is 1.36. The van der Waals surface area contributed by atoms with Crippen molar-refractivity contribution in [1.29, 1.82) is 0 Å². The van der Waals surface area contributed by atoms with Crippen LogP contribution in [0.5, 0.6) is 5.75 Å². The van der Waals surface area contributed by atoms with Crippen molar-refractivity contribution in [3.05, 3.63) is 35.7 Å². The molecular formula is C12H15N3OS. The number of hydrogen-bond acceptors (Lipinski definition) is 5. The second-order valence-electron chi connectivity index (χ2n) is 3.75. The molecule has 1 aromatic heterocycles. The molecule has 0 spiro atoms. The highest BCUT2D eigenvalue weighted by atomic mass is 32.1. The van der Waals surface area contributed by atoms with E-state index >= 15 is 0 Å². The molecule has 0 fully saturated rings. The Morgan fingerprint density at radius 2 is 2.18 bits per heavy atom. The van der Waals surface area contributed by atoms with Crippen molar-refractivity contribution in [2.24, 2.45) is 0 Å². The van der Waals surface area contributed by atoms with Crippen molar-refractivity contribution >= 4 is 16.7 Å². The van der Waals surface area contributed by atoms with Crippen molar-refractivity contribution in [2.75, 3.05) is 5.32 Å². The van der Waals surface area contributed by atoms with Crippen LogP contribution in [0.4, 0.5) is 5.13 Å². The van der Waals surface area contributed by atoms with E-state index in [0.29, 0.717) is 12.3 Å². The molecule has 90 valence electrons. The zero-order valence-corrected chi connectivity index (χ0v) is 10.5. The number of rotatable bonds is 5. The van der Waals surface area contributed by atoms with Crippen LogP contribution in [0.15, 0.2) is 24.3 Å². The average molecular weight is 249 g/mol. The summed E-state index contributed by atoms with van der Waals surface area (Å²) in [5.41, 5.74) is 0.861. The first-order valence-electron chi connectivity index (χ1n) is 5.63. The van der Waals surface area contributed by atoms with Crippen molar-refractivity contribution in [3.63, 3.8) is 0 Å². The van der Waals surface area contributed by atoms with Gasteiger partial charge in [0.25, 0.3) is 0 Å². The summed E-state index contributed by atoms with van der Waals surface area (Å²) in [7, 11) is 0. The second-order valence-corrected chi connectivity index (χ2v) is 4.50. The van der Waals surface area contributed by atoms with E-state index in [9.17, 15) is 5.11 Å². The number of nitrogens with one attached hydrogen (secondary N) is 1. The molecule has 0 amide bonds. The second kappa shape index (κ2) is 5.63.